The van der Waals surface area contributed by atoms with Crippen molar-refractivity contribution in [2.75, 3.05) is 19.8 Å². The van der Waals surface area contributed by atoms with E-state index in [1.807, 2.05) is 0 Å². The Bertz CT molecular complexity index is 1050. The van der Waals surface area contributed by atoms with Crippen LogP contribution in [0.15, 0.2) is 0 Å². The number of carboxylic acid groups (broad SMARTS) is 1. The molecular weight excluding hydrogens is 632 g/mol. The van der Waals surface area contributed by atoms with E-state index < -0.39 is 142 Å². The third kappa shape index (κ3) is 8.26. The first-order chi connectivity index (χ1) is 21.5. The molecule has 3 saturated heterocycles. The second-order valence-corrected chi connectivity index (χ2v) is 11.3. The van der Waals surface area contributed by atoms with E-state index in [0.29, 0.717) is 0 Å². The van der Waals surface area contributed by atoms with Crippen molar-refractivity contribution >= 4 is 17.8 Å². The number of nitrogens with one attached hydrogen (secondary N) is 2. The quantitative estimate of drug-likeness (QED) is 0.0913. The van der Waals surface area contributed by atoms with Crippen molar-refractivity contribution < 1.29 is 94.2 Å². The van der Waals surface area contributed by atoms with Gasteiger partial charge >= 0.3 is 5.97 Å². The molecule has 0 aromatic heterocycles. The van der Waals surface area contributed by atoms with Crippen LogP contribution < -0.4 is 10.6 Å². The standard InChI is InChI=1S/C25H42N2O19/c1-7(30)26-13-9(32)3-25(24(40)41,46-21(13)15(34)10(33)4-28)42-6-12-17(36)20(14(22(39)43-12)27-8(2)31)45-23-19(38)18(37)16(35)11(5-29)44-23/h9-23,28-29,32-39H,3-6H2,1-2H3,(H,26,30)(H,27,31)(H,40,41)/t9-,10+,11+,12+,13+,14+,15+,16-,17-,18-,19+,20+,21+,22?,23?,25?/m0/s1. The fraction of sp³-hybridized carbons (Fsp3) is 0.880. The van der Waals surface area contributed by atoms with Gasteiger partial charge in [-0.1, -0.05) is 0 Å². The van der Waals surface area contributed by atoms with Gasteiger partial charge in [0, 0.05) is 20.3 Å². The van der Waals surface area contributed by atoms with Crippen molar-refractivity contribution in [2.24, 2.45) is 0 Å². The lowest BCUT2D eigenvalue weighted by Gasteiger charge is -2.48. The predicted molar refractivity (Wildman–Crippen MR) is 142 cm³/mol. The smallest absolute Gasteiger partial charge is 0.364 e. The molecule has 3 heterocycles. The van der Waals surface area contributed by atoms with Crippen molar-refractivity contribution in [3.63, 3.8) is 0 Å². The summed E-state index contributed by atoms with van der Waals surface area (Å²) in [4.78, 5) is 36.0. The number of hydrogen-bond donors (Lipinski definition) is 13. The summed E-state index contributed by atoms with van der Waals surface area (Å²) < 4.78 is 27.2. The molecule has 21 nitrogen and oxygen atoms in total. The highest BCUT2D eigenvalue weighted by atomic mass is 16.7. The zero-order valence-corrected chi connectivity index (χ0v) is 24.7. The van der Waals surface area contributed by atoms with Gasteiger partial charge in [0.2, 0.25) is 11.8 Å². The highest BCUT2D eigenvalue weighted by Crippen LogP contribution is 2.35. The van der Waals surface area contributed by atoms with E-state index in [1.165, 1.54) is 0 Å². The van der Waals surface area contributed by atoms with Crippen molar-refractivity contribution in [3.05, 3.63) is 0 Å². The molecule has 3 aliphatic heterocycles. The van der Waals surface area contributed by atoms with Crippen LogP contribution >= 0.6 is 0 Å². The van der Waals surface area contributed by atoms with Gasteiger partial charge in [-0.2, -0.15) is 0 Å². The van der Waals surface area contributed by atoms with Gasteiger partial charge in [-0.15, -0.1) is 0 Å². The zero-order valence-electron chi connectivity index (χ0n) is 24.7. The third-order valence-electron chi connectivity index (χ3n) is 7.87. The van der Waals surface area contributed by atoms with Crippen LogP contribution in [0.3, 0.4) is 0 Å². The van der Waals surface area contributed by atoms with Gasteiger partial charge < -0.3 is 90.5 Å². The van der Waals surface area contributed by atoms with Crippen LogP contribution in [0.25, 0.3) is 0 Å². The highest BCUT2D eigenvalue weighted by Gasteiger charge is 2.57. The molecule has 0 spiro atoms. The van der Waals surface area contributed by atoms with E-state index >= 15 is 0 Å². The monoisotopic (exact) mass is 674 g/mol. The van der Waals surface area contributed by atoms with Gasteiger partial charge in [0.25, 0.3) is 5.79 Å². The third-order valence-corrected chi connectivity index (χ3v) is 7.87. The van der Waals surface area contributed by atoms with Crippen LogP contribution in [0.5, 0.6) is 0 Å². The summed E-state index contributed by atoms with van der Waals surface area (Å²) in [5.74, 6) is -6.18. The normalized spacial score (nSPS) is 42.9. The van der Waals surface area contributed by atoms with E-state index in [4.69, 9.17) is 23.7 Å². The zero-order chi connectivity index (χ0) is 34.7. The average Bonchev–Trinajstić information content (AvgIpc) is 2.99. The lowest BCUT2D eigenvalue weighted by Crippen LogP contribution is -2.69. The molecule has 0 aromatic carbocycles. The number of rotatable bonds is 12. The van der Waals surface area contributed by atoms with Crippen LogP contribution in [0.2, 0.25) is 0 Å². The maximum absolute atomic E-state index is 12.5. The summed E-state index contributed by atoms with van der Waals surface area (Å²) in [6, 6.07) is -3.06. The van der Waals surface area contributed by atoms with Gasteiger partial charge in [0.1, 0.15) is 67.1 Å². The van der Waals surface area contributed by atoms with E-state index in [-0.39, 0.29) is 0 Å². The number of aliphatic hydroxyl groups excluding tert-OH is 10. The van der Waals surface area contributed by atoms with Crippen LogP contribution in [0.1, 0.15) is 20.3 Å². The summed E-state index contributed by atoms with van der Waals surface area (Å²) in [5.41, 5.74) is 0. The molecule has 2 amide bonds. The molecule has 3 unspecified atom stereocenters. The number of ether oxygens (including phenoxy) is 5. The number of aliphatic hydroxyl groups is 10. The minimum Gasteiger partial charge on any atom is -0.477 e. The number of amides is 2. The Morgan fingerprint density at radius 1 is 0.870 bits per heavy atom. The molecule has 0 saturated carbocycles. The highest BCUT2D eigenvalue weighted by molar-refractivity contribution is 5.76. The summed E-state index contributed by atoms with van der Waals surface area (Å²) >= 11 is 0. The second kappa shape index (κ2) is 15.8. The molecule has 0 aromatic rings. The van der Waals surface area contributed by atoms with Gasteiger partial charge in [0.05, 0.1) is 32.0 Å². The molecule has 13 N–H and O–H groups in total. The molecular formula is C25H42N2O19. The molecule has 3 rings (SSSR count). The van der Waals surface area contributed by atoms with Gasteiger partial charge in [0.15, 0.2) is 12.6 Å². The van der Waals surface area contributed by atoms with Crippen LogP contribution in [-0.4, -0.2) is 191 Å². The molecule has 21 heteroatoms. The molecule has 16 atom stereocenters. The minimum absolute atomic E-state index is 0.723. The number of hydrogen-bond acceptors (Lipinski definition) is 18. The Morgan fingerprint density at radius 2 is 1.48 bits per heavy atom. The van der Waals surface area contributed by atoms with Crippen molar-refractivity contribution in [2.45, 2.75) is 118 Å². The Morgan fingerprint density at radius 3 is 2.02 bits per heavy atom. The van der Waals surface area contributed by atoms with Gasteiger partial charge in [-0.25, -0.2) is 4.79 Å². The van der Waals surface area contributed by atoms with E-state index in [1.54, 1.807) is 0 Å². The summed E-state index contributed by atoms with van der Waals surface area (Å²) in [6.07, 6.45) is -24.8. The fourth-order valence-electron chi connectivity index (χ4n) is 5.45. The number of carbonyl (C=O) groups excluding carboxylic acids is 2. The first-order valence-corrected chi connectivity index (χ1v) is 14.2. The van der Waals surface area contributed by atoms with Crippen LogP contribution in [-0.2, 0) is 38.1 Å². The molecule has 0 aliphatic carbocycles. The topological polar surface area (TPSA) is 344 Å². The number of carbonyl (C=O) groups is 3. The molecule has 266 valence electrons. The Labute approximate surface area is 260 Å². The van der Waals surface area contributed by atoms with Crippen LogP contribution in [0, 0.1) is 0 Å². The van der Waals surface area contributed by atoms with E-state index in [9.17, 15) is 70.6 Å². The summed E-state index contributed by atoms with van der Waals surface area (Å²) in [7, 11) is 0. The van der Waals surface area contributed by atoms with Crippen molar-refractivity contribution in [3.8, 4) is 0 Å². The minimum atomic E-state index is -2.84. The van der Waals surface area contributed by atoms with Gasteiger partial charge in [-0.05, 0) is 0 Å². The van der Waals surface area contributed by atoms with E-state index in [0.717, 1.165) is 13.8 Å². The summed E-state index contributed by atoms with van der Waals surface area (Å²) in [5, 5.41) is 117. The molecule has 46 heavy (non-hydrogen) atoms. The van der Waals surface area contributed by atoms with Crippen molar-refractivity contribution in [1.82, 2.24) is 10.6 Å². The second-order valence-electron chi connectivity index (χ2n) is 11.3. The lowest BCUT2D eigenvalue weighted by atomic mass is 9.88. The first kappa shape index (κ1) is 38.3. The largest absolute Gasteiger partial charge is 0.477 e. The van der Waals surface area contributed by atoms with Gasteiger partial charge in [-0.3, -0.25) is 9.59 Å². The van der Waals surface area contributed by atoms with Crippen LogP contribution in [0.4, 0.5) is 0 Å². The SMILES string of the molecule is CC(=O)N[C@H]1[C@H]([C@H](O)[C@H](O)CO)OC(OC[C@H]2OC(O)[C@H](NC(C)=O)[C@@H](OC3O[C@H](CO)[C@H](O)[C@H](O)[C@H]3O)[C@H]2O)(C(=O)O)C[C@@H]1O. The maximum Gasteiger partial charge on any atom is 0.364 e. The van der Waals surface area contributed by atoms with E-state index in [2.05, 4.69) is 10.6 Å². The Balaban J connectivity index is 1.87. The molecule has 3 aliphatic rings. The maximum atomic E-state index is 12.5. The molecule has 3 fully saturated rings. The molecule has 0 radical (unpaired) electrons. The first-order valence-electron chi connectivity index (χ1n) is 14.2. The number of aliphatic carboxylic acids is 1. The lowest BCUT2D eigenvalue weighted by molar-refractivity contribution is -0.351. The number of carboxylic acids is 1. The average molecular weight is 675 g/mol. The van der Waals surface area contributed by atoms with Crippen molar-refractivity contribution in [1.29, 1.82) is 0 Å². The Hall–Kier alpha value is -2.19. The Kier molecular flexibility index (Phi) is 13.1. The fourth-order valence-corrected chi connectivity index (χ4v) is 5.45. The summed E-state index contributed by atoms with van der Waals surface area (Å²) in [6.45, 7) is -0.705. The molecule has 0 bridgehead atoms. The predicted octanol–water partition coefficient (Wildman–Crippen LogP) is -8.08.